The van der Waals surface area contributed by atoms with Crippen LogP contribution in [0.1, 0.15) is 106 Å². The SMILES string of the molecule is C=C(CCC(C)C1CCC2C3=C(CCC21C)C1(C)CCC(O)C(C)(O)C1CC3)C(C)C. The molecule has 2 N–H and O–H groups in total. The summed E-state index contributed by atoms with van der Waals surface area (Å²) in [5.41, 5.74) is 4.46. The van der Waals surface area contributed by atoms with E-state index in [1.807, 2.05) is 6.92 Å². The molecule has 31 heavy (non-hydrogen) atoms. The second-order valence-corrected chi connectivity index (χ2v) is 12.9. The van der Waals surface area contributed by atoms with Crippen LogP contribution in [0, 0.1) is 40.4 Å². The lowest BCUT2D eigenvalue weighted by molar-refractivity contribution is -0.165. The summed E-state index contributed by atoms with van der Waals surface area (Å²) < 4.78 is 0. The number of aliphatic hydroxyl groups excluding tert-OH is 1. The van der Waals surface area contributed by atoms with Crippen molar-refractivity contribution < 1.29 is 10.2 Å². The molecule has 2 heteroatoms. The summed E-state index contributed by atoms with van der Waals surface area (Å²) in [7, 11) is 0. The van der Waals surface area contributed by atoms with E-state index >= 15 is 0 Å². The molecule has 2 nitrogen and oxygen atoms in total. The molecule has 0 aromatic carbocycles. The van der Waals surface area contributed by atoms with Crippen LogP contribution in [0.5, 0.6) is 0 Å². The van der Waals surface area contributed by atoms with E-state index in [0.717, 1.165) is 43.4 Å². The summed E-state index contributed by atoms with van der Waals surface area (Å²) in [6.45, 7) is 18.3. The van der Waals surface area contributed by atoms with Gasteiger partial charge in [0.05, 0.1) is 11.7 Å². The number of rotatable bonds is 5. The molecule has 4 aliphatic rings. The highest BCUT2D eigenvalue weighted by Gasteiger charge is 2.59. The Morgan fingerprint density at radius 3 is 2.42 bits per heavy atom. The molecule has 2 saturated carbocycles. The summed E-state index contributed by atoms with van der Waals surface area (Å²) in [5, 5.41) is 21.7. The van der Waals surface area contributed by atoms with E-state index in [1.165, 1.54) is 44.1 Å². The van der Waals surface area contributed by atoms with Gasteiger partial charge in [-0.25, -0.2) is 0 Å². The maximum atomic E-state index is 11.2. The average Bonchev–Trinajstić information content (AvgIpc) is 3.06. The van der Waals surface area contributed by atoms with Gasteiger partial charge < -0.3 is 10.2 Å². The summed E-state index contributed by atoms with van der Waals surface area (Å²) in [6.07, 6.45) is 11.1. The number of allylic oxidation sites excluding steroid dienone is 3. The van der Waals surface area contributed by atoms with Crippen molar-refractivity contribution in [1.29, 1.82) is 0 Å². The molecule has 0 aromatic rings. The predicted octanol–water partition coefficient (Wildman–Crippen LogP) is 7.06. The van der Waals surface area contributed by atoms with E-state index in [-0.39, 0.29) is 11.3 Å². The highest BCUT2D eigenvalue weighted by Crippen LogP contribution is 2.67. The van der Waals surface area contributed by atoms with Crippen molar-refractivity contribution in [3.8, 4) is 0 Å². The number of hydrogen-bond acceptors (Lipinski definition) is 2. The van der Waals surface area contributed by atoms with E-state index in [0.29, 0.717) is 11.3 Å². The number of aliphatic hydroxyl groups is 2. The van der Waals surface area contributed by atoms with Gasteiger partial charge in [0.2, 0.25) is 0 Å². The minimum Gasteiger partial charge on any atom is -0.390 e. The molecule has 4 aliphatic carbocycles. The Bertz CT molecular complexity index is 746. The van der Waals surface area contributed by atoms with Gasteiger partial charge in [-0.15, -0.1) is 0 Å². The molecule has 0 saturated heterocycles. The van der Waals surface area contributed by atoms with Gasteiger partial charge in [-0.1, -0.05) is 57.9 Å². The van der Waals surface area contributed by atoms with Crippen LogP contribution in [0.2, 0.25) is 0 Å². The van der Waals surface area contributed by atoms with Crippen molar-refractivity contribution in [3.05, 3.63) is 23.3 Å². The van der Waals surface area contributed by atoms with Crippen LogP contribution in [-0.2, 0) is 0 Å². The first-order valence-corrected chi connectivity index (χ1v) is 13.2. The van der Waals surface area contributed by atoms with E-state index in [4.69, 9.17) is 0 Å². The Hall–Kier alpha value is -0.600. The Balaban J connectivity index is 1.56. The molecular formula is C29H48O2. The second-order valence-electron chi connectivity index (χ2n) is 12.9. The van der Waals surface area contributed by atoms with Gasteiger partial charge in [0, 0.05) is 0 Å². The van der Waals surface area contributed by atoms with Crippen molar-refractivity contribution >= 4 is 0 Å². The Kier molecular flexibility index (Phi) is 6.09. The lowest BCUT2D eigenvalue weighted by Gasteiger charge is -2.59. The molecule has 0 radical (unpaired) electrons. The van der Waals surface area contributed by atoms with Gasteiger partial charge in [0.1, 0.15) is 0 Å². The lowest BCUT2D eigenvalue weighted by atomic mass is 9.48. The van der Waals surface area contributed by atoms with Gasteiger partial charge in [-0.05, 0) is 112 Å². The van der Waals surface area contributed by atoms with Crippen LogP contribution in [0.3, 0.4) is 0 Å². The molecule has 0 spiro atoms. The Morgan fingerprint density at radius 2 is 1.74 bits per heavy atom. The lowest BCUT2D eigenvalue weighted by Crippen LogP contribution is -2.58. The minimum absolute atomic E-state index is 0.0797. The van der Waals surface area contributed by atoms with E-state index in [9.17, 15) is 10.2 Å². The third-order valence-corrected chi connectivity index (χ3v) is 11.0. The van der Waals surface area contributed by atoms with Crippen molar-refractivity contribution in [2.45, 2.75) is 117 Å². The monoisotopic (exact) mass is 428 g/mol. The van der Waals surface area contributed by atoms with Gasteiger partial charge in [-0.2, -0.15) is 0 Å². The number of fused-ring (bicyclic) bond motifs is 4. The summed E-state index contributed by atoms with van der Waals surface area (Å²) in [6, 6.07) is 0. The fraction of sp³-hybridized carbons (Fsp3) is 0.862. The van der Waals surface area contributed by atoms with Crippen molar-refractivity contribution in [2.75, 3.05) is 0 Å². The highest BCUT2D eigenvalue weighted by molar-refractivity contribution is 5.35. The summed E-state index contributed by atoms with van der Waals surface area (Å²) in [4.78, 5) is 0. The van der Waals surface area contributed by atoms with Crippen LogP contribution >= 0.6 is 0 Å². The molecule has 0 aliphatic heterocycles. The third kappa shape index (κ3) is 3.59. The normalized spacial score (nSPS) is 45.8. The molecule has 0 amide bonds. The van der Waals surface area contributed by atoms with Crippen LogP contribution in [0.15, 0.2) is 23.3 Å². The second kappa shape index (κ2) is 8.01. The van der Waals surface area contributed by atoms with Crippen LogP contribution in [-0.4, -0.2) is 21.9 Å². The van der Waals surface area contributed by atoms with Crippen molar-refractivity contribution in [1.82, 2.24) is 0 Å². The zero-order valence-corrected chi connectivity index (χ0v) is 21.1. The molecule has 0 bridgehead atoms. The molecule has 176 valence electrons. The zero-order chi connectivity index (χ0) is 22.8. The molecule has 0 heterocycles. The summed E-state index contributed by atoms with van der Waals surface area (Å²) in [5.74, 6) is 3.14. The fourth-order valence-electron chi connectivity index (χ4n) is 8.83. The van der Waals surface area contributed by atoms with Gasteiger partial charge >= 0.3 is 0 Å². The Morgan fingerprint density at radius 1 is 1.03 bits per heavy atom. The van der Waals surface area contributed by atoms with Crippen LogP contribution in [0.4, 0.5) is 0 Å². The first-order valence-electron chi connectivity index (χ1n) is 13.2. The largest absolute Gasteiger partial charge is 0.390 e. The standard InChI is InChI=1S/C29H48O2/c1-18(2)19(3)8-9-20(4)22-11-12-23-21-10-13-25-28(6,17-15-26(30)29(25,7)31)24(21)14-16-27(22,23)5/h18,20,22-23,25-26,30-31H,3,8-17H2,1-2,4-7H3. The van der Waals surface area contributed by atoms with Crippen molar-refractivity contribution in [2.24, 2.45) is 40.4 Å². The molecule has 0 aromatic heterocycles. The number of hydrogen-bond donors (Lipinski definition) is 2. The van der Waals surface area contributed by atoms with E-state index in [2.05, 4.69) is 41.2 Å². The quantitative estimate of drug-likeness (QED) is 0.460. The Labute approximate surface area is 191 Å². The highest BCUT2D eigenvalue weighted by atomic mass is 16.3. The topological polar surface area (TPSA) is 40.5 Å². The maximum absolute atomic E-state index is 11.2. The molecular weight excluding hydrogens is 380 g/mol. The summed E-state index contributed by atoms with van der Waals surface area (Å²) >= 11 is 0. The van der Waals surface area contributed by atoms with Gasteiger partial charge in [-0.3, -0.25) is 0 Å². The zero-order valence-electron chi connectivity index (χ0n) is 21.1. The molecule has 2 fully saturated rings. The third-order valence-electron chi connectivity index (χ3n) is 11.0. The smallest absolute Gasteiger partial charge is 0.0913 e. The van der Waals surface area contributed by atoms with E-state index < -0.39 is 11.7 Å². The maximum Gasteiger partial charge on any atom is 0.0913 e. The van der Waals surface area contributed by atoms with E-state index in [1.54, 1.807) is 11.1 Å². The molecule has 8 atom stereocenters. The first-order chi connectivity index (χ1) is 14.4. The van der Waals surface area contributed by atoms with Crippen LogP contribution in [0.25, 0.3) is 0 Å². The van der Waals surface area contributed by atoms with Crippen LogP contribution < -0.4 is 0 Å². The van der Waals surface area contributed by atoms with Gasteiger partial charge in [0.25, 0.3) is 0 Å². The molecule has 8 unspecified atom stereocenters. The van der Waals surface area contributed by atoms with Crippen molar-refractivity contribution in [3.63, 3.8) is 0 Å². The fourth-order valence-corrected chi connectivity index (χ4v) is 8.83. The minimum atomic E-state index is -0.947. The molecule has 4 rings (SSSR count). The van der Waals surface area contributed by atoms with Gasteiger partial charge in [0.15, 0.2) is 0 Å². The first kappa shape index (κ1) is 23.6. The predicted molar refractivity (Wildman–Crippen MR) is 130 cm³/mol. The average molecular weight is 429 g/mol.